The van der Waals surface area contributed by atoms with Crippen molar-refractivity contribution in [3.05, 3.63) is 81.2 Å². The number of fused-ring (bicyclic) bond motifs is 3. The molecule has 8 heteroatoms. The van der Waals surface area contributed by atoms with Crippen LogP contribution in [0.4, 0.5) is 11.4 Å². The Morgan fingerprint density at radius 3 is 2.61 bits per heavy atom. The number of nitrogens with one attached hydrogen (secondary N) is 1. The van der Waals surface area contributed by atoms with Crippen molar-refractivity contribution >= 4 is 45.0 Å². The Balaban J connectivity index is 1.89. The van der Waals surface area contributed by atoms with Gasteiger partial charge >= 0.3 is 5.97 Å². The number of para-hydroxylation sites is 1. The lowest BCUT2D eigenvalue weighted by Gasteiger charge is -2.44. The molecular formula is C25H22BrN3O4. The Hall–Kier alpha value is -3.39. The zero-order valence-electron chi connectivity index (χ0n) is 18.0. The van der Waals surface area contributed by atoms with Crippen molar-refractivity contribution in [3.63, 3.8) is 0 Å². The molecule has 1 amide bonds. The van der Waals surface area contributed by atoms with Gasteiger partial charge in [-0.25, -0.2) is 4.79 Å². The molecule has 0 saturated heterocycles. The lowest BCUT2D eigenvalue weighted by molar-refractivity contribution is -0.140. The first kappa shape index (κ1) is 21.5. The number of ketones is 1. The summed E-state index contributed by atoms with van der Waals surface area (Å²) < 4.78 is 6.28. The molecule has 0 bridgehead atoms. The first-order valence-corrected chi connectivity index (χ1v) is 11.6. The number of carbonyl (C=O) groups is 3. The molecule has 7 nitrogen and oxygen atoms in total. The highest BCUT2D eigenvalue weighted by Gasteiger charge is 2.61. The van der Waals surface area contributed by atoms with Gasteiger partial charge in [-0.2, -0.15) is 0 Å². The van der Waals surface area contributed by atoms with Crippen LogP contribution in [-0.2, 0) is 24.5 Å². The molecule has 33 heavy (non-hydrogen) atoms. The third-order valence-electron chi connectivity index (χ3n) is 6.39. The number of rotatable bonds is 3. The standard InChI is InChI=1S/C25H22BrN3O4/c1-2-33-23(31)21-22(27)29(15-12-10-14(26)11-13-15)18-8-5-9-19(30)20(18)25(21)16-6-3-4-7-17(16)28-24(25)32/h3-4,6-7,10-13H,2,5,8-9,27H2,1H3,(H,28,32). The van der Waals surface area contributed by atoms with Crippen molar-refractivity contribution in [2.75, 3.05) is 16.8 Å². The molecule has 3 aliphatic rings. The monoisotopic (exact) mass is 507 g/mol. The van der Waals surface area contributed by atoms with Gasteiger partial charge in [0.1, 0.15) is 16.8 Å². The minimum atomic E-state index is -1.65. The Morgan fingerprint density at radius 2 is 1.88 bits per heavy atom. The number of halogens is 1. The minimum Gasteiger partial charge on any atom is -0.462 e. The van der Waals surface area contributed by atoms with Crippen LogP contribution in [0.1, 0.15) is 31.7 Å². The number of anilines is 2. The van der Waals surface area contributed by atoms with E-state index in [0.29, 0.717) is 47.5 Å². The van der Waals surface area contributed by atoms with Gasteiger partial charge in [-0.15, -0.1) is 0 Å². The molecule has 2 heterocycles. The summed E-state index contributed by atoms with van der Waals surface area (Å²) in [5.74, 6) is -1.25. The number of benzene rings is 2. The fraction of sp³-hybridized carbons (Fsp3) is 0.240. The zero-order valence-corrected chi connectivity index (χ0v) is 19.6. The molecule has 2 aromatic carbocycles. The summed E-state index contributed by atoms with van der Waals surface area (Å²) in [6.45, 7) is 1.79. The molecule has 5 rings (SSSR count). The van der Waals surface area contributed by atoms with Gasteiger partial charge in [0, 0.05) is 39.1 Å². The van der Waals surface area contributed by atoms with E-state index >= 15 is 0 Å². The van der Waals surface area contributed by atoms with E-state index in [1.807, 2.05) is 24.3 Å². The number of amides is 1. The van der Waals surface area contributed by atoms with E-state index in [0.717, 1.165) is 4.47 Å². The van der Waals surface area contributed by atoms with Gasteiger partial charge in [-0.3, -0.25) is 14.5 Å². The van der Waals surface area contributed by atoms with Gasteiger partial charge in [0.2, 0.25) is 5.91 Å². The number of nitrogens with zero attached hydrogens (tertiary/aromatic N) is 1. The highest BCUT2D eigenvalue weighted by molar-refractivity contribution is 9.10. The molecule has 1 unspecified atom stereocenters. The second-order valence-electron chi connectivity index (χ2n) is 8.14. The van der Waals surface area contributed by atoms with Crippen molar-refractivity contribution in [2.45, 2.75) is 31.6 Å². The zero-order chi connectivity index (χ0) is 23.3. The van der Waals surface area contributed by atoms with Crippen molar-refractivity contribution in [2.24, 2.45) is 5.73 Å². The quantitative estimate of drug-likeness (QED) is 0.610. The van der Waals surface area contributed by atoms with E-state index in [-0.39, 0.29) is 23.8 Å². The molecule has 0 radical (unpaired) electrons. The molecule has 1 aliphatic carbocycles. The van der Waals surface area contributed by atoms with Gasteiger partial charge < -0.3 is 15.8 Å². The van der Waals surface area contributed by atoms with Gasteiger partial charge in [0.05, 0.1) is 6.61 Å². The predicted octanol–water partition coefficient (Wildman–Crippen LogP) is 3.90. The number of hydrogen-bond donors (Lipinski definition) is 2. The van der Waals surface area contributed by atoms with Crippen LogP contribution >= 0.6 is 15.9 Å². The van der Waals surface area contributed by atoms with Crippen molar-refractivity contribution in [1.82, 2.24) is 0 Å². The average Bonchev–Trinajstić information content (AvgIpc) is 3.07. The second-order valence-corrected chi connectivity index (χ2v) is 9.06. The summed E-state index contributed by atoms with van der Waals surface area (Å²) in [7, 11) is 0. The third kappa shape index (κ3) is 2.97. The summed E-state index contributed by atoms with van der Waals surface area (Å²) in [6, 6.07) is 14.5. The normalized spacial score (nSPS) is 21.8. The first-order chi connectivity index (χ1) is 15.9. The number of Topliss-reactive ketones (excluding diaryl/α,β-unsaturated/α-hetero) is 1. The number of esters is 1. The Labute approximate surface area is 199 Å². The lowest BCUT2D eigenvalue weighted by atomic mass is 9.63. The summed E-state index contributed by atoms with van der Waals surface area (Å²) >= 11 is 3.44. The van der Waals surface area contributed by atoms with Gasteiger partial charge in [-0.05, 0) is 50.1 Å². The molecule has 3 N–H and O–H groups in total. The van der Waals surface area contributed by atoms with E-state index in [9.17, 15) is 14.4 Å². The maximum absolute atomic E-state index is 13.7. The second kappa shape index (κ2) is 7.88. The van der Waals surface area contributed by atoms with Crippen LogP contribution in [-0.4, -0.2) is 24.3 Å². The molecule has 168 valence electrons. The number of ether oxygens (including phenoxy) is 1. The highest BCUT2D eigenvalue weighted by atomic mass is 79.9. The highest BCUT2D eigenvalue weighted by Crippen LogP contribution is 2.55. The van der Waals surface area contributed by atoms with Crippen LogP contribution < -0.4 is 16.0 Å². The Kier molecular flexibility index (Phi) is 5.12. The molecule has 2 aromatic rings. The van der Waals surface area contributed by atoms with Gasteiger partial charge in [0.25, 0.3) is 0 Å². The van der Waals surface area contributed by atoms with E-state index in [1.165, 1.54) is 0 Å². The van der Waals surface area contributed by atoms with Crippen molar-refractivity contribution in [3.8, 4) is 0 Å². The van der Waals surface area contributed by atoms with E-state index in [1.54, 1.807) is 36.1 Å². The summed E-state index contributed by atoms with van der Waals surface area (Å²) in [5, 5.41) is 2.87. The average molecular weight is 508 g/mol. The number of nitrogens with two attached hydrogens (primary N) is 1. The molecule has 1 spiro atoms. The molecular weight excluding hydrogens is 486 g/mol. The van der Waals surface area contributed by atoms with Gasteiger partial charge in [-0.1, -0.05) is 34.1 Å². The summed E-state index contributed by atoms with van der Waals surface area (Å²) in [4.78, 5) is 42.4. The van der Waals surface area contributed by atoms with Crippen LogP contribution in [0.25, 0.3) is 0 Å². The topological polar surface area (TPSA) is 102 Å². The molecule has 1 atom stereocenters. The lowest BCUT2D eigenvalue weighted by Crippen LogP contribution is -2.53. The van der Waals surface area contributed by atoms with Crippen LogP contribution in [0.2, 0.25) is 0 Å². The molecule has 0 aromatic heterocycles. The first-order valence-electron chi connectivity index (χ1n) is 10.8. The van der Waals surface area contributed by atoms with Crippen molar-refractivity contribution < 1.29 is 19.1 Å². The summed E-state index contributed by atoms with van der Waals surface area (Å²) in [6.07, 6.45) is 1.47. The minimum absolute atomic E-state index is 0.0243. The SMILES string of the molecule is CCOC(=O)C1=C(N)N(c2ccc(Br)cc2)C2=C(C(=O)CCC2)C12C(=O)Nc1ccccc12. The van der Waals surface area contributed by atoms with Crippen LogP contribution in [0, 0.1) is 0 Å². The van der Waals surface area contributed by atoms with E-state index < -0.39 is 17.3 Å². The number of hydrogen-bond acceptors (Lipinski definition) is 6. The van der Waals surface area contributed by atoms with E-state index in [2.05, 4.69) is 21.2 Å². The van der Waals surface area contributed by atoms with Gasteiger partial charge in [0.15, 0.2) is 5.78 Å². The van der Waals surface area contributed by atoms with Crippen LogP contribution in [0.5, 0.6) is 0 Å². The molecule has 2 aliphatic heterocycles. The third-order valence-corrected chi connectivity index (χ3v) is 6.91. The maximum atomic E-state index is 13.7. The Bertz CT molecular complexity index is 1260. The summed E-state index contributed by atoms with van der Waals surface area (Å²) in [5.41, 5.74) is 7.78. The molecule has 0 fully saturated rings. The van der Waals surface area contributed by atoms with E-state index in [4.69, 9.17) is 10.5 Å². The number of allylic oxidation sites excluding steroid dienone is 1. The molecule has 0 saturated carbocycles. The number of carbonyl (C=O) groups excluding carboxylic acids is 3. The smallest absolute Gasteiger partial charge is 0.339 e. The van der Waals surface area contributed by atoms with Crippen molar-refractivity contribution in [1.29, 1.82) is 0 Å². The maximum Gasteiger partial charge on any atom is 0.339 e. The Morgan fingerprint density at radius 1 is 1.15 bits per heavy atom. The largest absolute Gasteiger partial charge is 0.462 e. The predicted molar refractivity (Wildman–Crippen MR) is 127 cm³/mol. The van der Waals surface area contributed by atoms with Crippen LogP contribution in [0.3, 0.4) is 0 Å². The van der Waals surface area contributed by atoms with Crippen LogP contribution in [0.15, 0.2) is 75.7 Å². The fourth-order valence-corrected chi connectivity index (χ4v) is 5.42. The fourth-order valence-electron chi connectivity index (χ4n) is 5.15.